The molecule has 0 amide bonds. The maximum absolute atomic E-state index is 11.1. The van der Waals surface area contributed by atoms with Crippen LogP contribution in [0.15, 0.2) is 24.3 Å². The van der Waals surface area contributed by atoms with E-state index in [-0.39, 0.29) is 5.41 Å². The molecule has 0 atom stereocenters. The van der Waals surface area contributed by atoms with Gasteiger partial charge < -0.3 is 10.5 Å². The van der Waals surface area contributed by atoms with Crippen molar-refractivity contribution >= 4 is 5.97 Å². The Bertz CT molecular complexity index is 301. The first-order valence-electron chi connectivity index (χ1n) is 5.40. The Morgan fingerprint density at radius 2 is 1.88 bits per heavy atom. The lowest BCUT2D eigenvalue weighted by Gasteiger charge is -2.28. The molecule has 16 heavy (non-hydrogen) atoms. The Morgan fingerprint density at radius 1 is 1.38 bits per heavy atom. The molecule has 2 N–H and O–H groups in total. The van der Waals surface area contributed by atoms with E-state index in [0.29, 0.717) is 6.54 Å². The summed E-state index contributed by atoms with van der Waals surface area (Å²) < 4.78 is 5.22. The Morgan fingerprint density at radius 3 is 2.25 bits per heavy atom. The SMILES string of the molecule is C=CC(=O)OC(C)(C)/C=C(\C)C(C)(C)CN. The molecule has 0 saturated heterocycles. The Kier molecular flexibility index (Phi) is 4.94. The monoisotopic (exact) mass is 225 g/mol. The number of hydrogen-bond donors (Lipinski definition) is 1. The van der Waals surface area contributed by atoms with Crippen molar-refractivity contribution in [2.75, 3.05) is 6.54 Å². The third-order valence-electron chi connectivity index (χ3n) is 2.67. The first-order chi connectivity index (χ1) is 7.14. The first kappa shape index (κ1) is 14.9. The van der Waals surface area contributed by atoms with Gasteiger partial charge in [0.2, 0.25) is 0 Å². The molecule has 0 fully saturated rings. The predicted octanol–water partition coefficient (Wildman–Crippen LogP) is 2.43. The summed E-state index contributed by atoms with van der Waals surface area (Å²) in [6.07, 6.45) is 3.10. The van der Waals surface area contributed by atoms with Gasteiger partial charge in [0.1, 0.15) is 5.60 Å². The average molecular weight is 225 g/mol. The van der Waals surface area contributed by atoms with Crippen molar-refractivity contribution < 1.29 is 9.53 Å². The lowest BCUT2D eigenvalue weighted by molar-refractivity contribution is -0.146. The van der Waals surface area contributed by atoms with Gasteiger partial charge in [0.05, 0.1) is 0 Å². The van der Waals surface area contributed by atoms with Crippen LogP contribution in [-0.4, -0.2) is 18.1 Å². The van der Waals surface area contributed by atoms with Gasteiger partial charge >= 0.3 is 5.97 Å². The van der Waals surface area contributed by atoms with E-state index in [1.165, 1.54) is 6.08 Å². The number of hydrogen-bond acceptors (Lipinski definition) is 3. The molecule has 0 heterocycles. The number of carbonyl (C=O) groups is 1. The highest BCUT2D eigenvalue weighted by Crippen LogP contribution is 2.27. The fraction of sp³-hybridized carbons (Fsp3) is 0.615. The molecule has 0 radical (unpaired) electrons. The minimum Gasteiger partial charge on any atom is -0.452 e. The van der Waals surface area contributed by atoms with Crippen LogP contribution in [0.3, 0.4) is 0 Å². The van der Waals surface area contributed by atoms with Gasteiger partial charge in [-0.05, 0) is 32.3 Å². The summed E-state index contributed by atoms with van der Waals surface area (Å²) >= 11 is 0. The van der Waals surface area contributed by atoms with Gasteiger partial charge in [0.15, 0.2) is 0 Å². The number of carbonyl (C=O) groups excluding carboxylic acids is 1. The molecule has 0 aromatic heterocycles. The summed E-state index contributed by atoms with van der Waals surface area (Å²) in [5.74, 6) is -0.417. The summed E-state index contributed by atoms with van der Waals surface area (Å²) in [6.45, 7) is 13.7. The van der Waals surface area contributed by atoms with E-state index in [1.807, 2.05) is 26.8 Å². The largest absolute Gasteiger partial charge is 0.452 e. The standard InChI is InChI=1S/C13H23NO2/c1-7-11(15)16-13(5,6)8-10(2)12(3,4)9-14/h7-8H,1,9,14H2,2-6H3/b10-8+. The van der Waals surface area contributed by atoms with Crippen LogP contribution in [0.4, 0.5) is 0 Å². The lowest BCUT2D eigenvalue weighted by atomic mass is 9.83. The van der Waals surface area contributed by atoms with E-state index in [0.717, 1.165) is 5.57 Å². The second-order valence-electron chi connectivity index (χ2n) is 5.14. The van der Waals surface area contributed by atoms with Gasteiger partial charge in [-0.1, -0.05) is 26.0 Å². The van der Waals surface area contributed by atoms with E-state index < -0.39 is 11.6 Å². The summed E-state index contributed by atoms with van der Waals surface area (Å²) in [7, 11) is 0. The summed E-state index contributed by atoms with van der Waals surface area (Å²) in [5, 5.41) is 0. The molecule has 0 saturated carbocycles. The molecular weight excluding hydrogens is 202 g/mol. The van der Waals surface area contributed by atoms with Crippen LogP contribution in [0, 0.1) is 5.41 Å². The maximum Gasteiger partial charge on any atom is 0.330 e. The fourth-order valence-electron chi connectivity index (χ4n) is 1.21. The molecule has 0 aliphatic carbocycles. The Labute approximate surface area is 98.4 Å². The quantitative estimate of drug-likeness (QED) is 0.444. The van der Waals surface area contributed by atoms with E-state index in [4.69, 9.17) is 10.5 Å². The van der Waals surface area contributed by atoms with E-state index >= 15 is 0 Å². The molecule has 0 aliphatic rings. The second-order valence-corrected chi connectivity index (χ2v) is 5.14. The van der Waals surface area contributed by atoms with Crippen LogP contribution in [0.2, 0.25) is 0 Å². The zero-order valence-electron chi connectivity index (χ0n) is 11.0. The Balaban J connectivity index is 4.85. The second kappa shape index (κ2) is 5.30. The van der Waals surface area contributed by atoms with Crippen molar-refractivity contribution in [1.29, 1.82) is 0 Å². The minimum atomic E-state index is -0.637. The van der Waals surface area contributed by atoms with Gasteiger partial charge in [-0.3, -0.25) is 0 Å². The minimum absolute atomic E-state index is 0.0855. The van der Waals surface area contributed by atoms with Crippen molar-refractivity contribution in [1.82, 2.24) is 0 Å². The van der Waals surface area contributed by atoms with Crippen LogP contribution in [0.25, 0.3) is 0 Å². The molecule has 0 aromatic carbocycles. The number of ether oxygens (including phenoxy) is 1. The molecule has 92 valence electrons. The van der Waals surface area contributed by atoms with Crippen LogP contribution in [0.1, 0.15) is 34.6 Å². The Hall–Kier alpha value is -1.09. The van der Waals surface area contributed by atoms with Crippen molar-refractivity contribution in [3.63, 3.8) is 0 Å². The van der Waals surface area contributed by atoms with Crippen molar-refractivity contribution in [2.45, 2.75) is 40.2 Å². The van der Waals surface area contributed by atoms with Crippen LogP contribution < -0.4 is 5.73 Å². The van der Waals surface area contributed by atoms with Crippen molar-refractivity contribution in [3.05, 3.63) is 24.3 Å². The highest BCUT2D eigenvalue weighted by molar-refractivity contribution is 5.81. The molecule has 0 spiro atoms. The summed E-state index contributed by atoms with van der Waals surface area (Å²) in [5.41, 5.74) is 6.07. The number of nitrogens with two attached hydrogens (primary N) is 1. The van der Waals surface area contributed by atoms with Gasteiger partial charge in [0.25, 0.3) is 0 Å². The van der Waals surface area contributed by atoms with Crippen LogP contribution >= 0.6 is 0 Å². The maximum atomic E-state index is 11.1. The fourth-order valence-corrected chi connectivity index (χ4v) is 1.21. The normalized spacial score (nSPS) is 13.5. The van der Waals surface area contributed by atoms with Crippen molar-refractivity contribution in [2.24, 2.45) is 11.1 Å². The van der Waals surface area contributed by atoms with E-state index in [2.05, 4.69) is 20.4 Å². The number of esters is 1. The number of rotatable bonds is 5. The third-order valence-corrected chi connectivity index (χ3v) is 2.67. The lowest BCUT2D eigenvalue weighted by Crippen LogP contribution is -2.30. The average Bonchev–Trinajstić information content (AvgIpc) is 2.15. The molecule has 0 aromatic rings. The van der Waals surface area contributed by atoms with Gasteiger partial charge in [-0.2, -0.15) is 0 Å². The zero-order chi connectivity index (χ0) is 13.0. The van der Waals surface area contributed by atoms with Crippen molar-refractivity contribution in [3.8, 4) is 0 Å². The van der Waals surface area contributed by atoms with Gasteiger partial charge in [-0.25, -0.2) is 4.79 Å². The molecular formula is C13H23NO2. The van der Waals surface area contributed by atoms with Gasteiger partial charge in [0, 0.05) is 12.6 Å². The van der Waals surface area contributed by atoms with E-state index in [1.54, 1.807) is 0 Å². The third kappa shape index (κ3) is 4.62. The topological polar surface area (TPSA) is 52.3 Å². The summed E-state index contributed by atoms with van der Waals surface area (Å²) in [4.78, 5) is 11.1. The molecule has 0 aliphatic heterocycles. The highest BCUT2D eigenvalue weighted by atomic mass is 16.6. The zero-order valence-corrected chi connectivity index (χ0v) is 11.0. The van der Waals surface area contributed by atoms with E-state index in [9.17, 15) is 4.79 Å². The molecule has 3 heteroatoms. The summed E-state index contributed by atoms with van der Waals surface area (Å²) in [6, 6.07) is 0. The molecule has 0 rings (SSSR count). The predicted molar refractivity (Wildman–Crippen MR) is 67.0 cm³/mol. The molecule has 3 nitrogen and oxygen atoms in total. The smallest absolute Gasteiger partial charge is 0.330 e. The van der Waals surface area contributed by atoms with Crippen LogP contribution in [-0.2, 0) is 9.53 Å². The molecule has 0 unspecified atom stereocenters. The van der Waals surface area contributed by atoms with Crippen LogP contribution in [0.5, 0.6) is 0 Å². The highest BCUT2D eigenvalue weighted by Gasteiger charge is 2.24. The first-order valence-corrected chi connectivity index (χ1v) is 5.40. The molecule has 0 bridgehead atoms. The van der Waals surface area contributed by atoms with Gasteiger partial charge in [-0.15, -0.1) is 0 Å².